The molecule has 0 bridgehead atoms. The molecular weight excluding hydrogens is 478 g/mol. The Labute approximate surface area is 202 Å². The van der Waals surface area contributed by atoms with Crippen molar-refractivity contribution in [3.63, 3.8) is 0 Å². The third kappa shape index (κ3) is 6.74. The molecule has 0 spiro atoms. The lowest BCUT2D eigenvalue weighted by Gasteiger charge is -2.16. The minimum Gasteiger partial charge on any atom is -0.388 e. The molecule has 0 aliphatic carbocycles. The molecule has 0 amide bonds. The molecule has 180 valence electrons. The number of aliphatic hydroxyl groups is 1. The molecule has 2 heterocycles. The van der Waals surface area contributed by atoms with Crippen molar-refractivity contribution in [3.05, 3.63) is 79.2 Å². The molecule has 1 aromatic carbocycles. The van der Waals surface area contributed by atoms with Gasteiger partial charge in [0.25, 0.3) is 5.56 Å². The highest BCUT2D eigenvalue weighted by Gasteiger charge is 2.18. The summed E-state index contributed by atoms with van der Waals surface area (Å²) in [5, 5.41) is 24.1. The number of benzene rings is 1. The average Bonchev–Trinajstić information content (AvgIpc) is 3.21. The van der Waals surface area contributed by atoms with Crippen molar-refractivity contribution in [1.29, 1.82) is 5.26 Å². The quantitative estimate of drug-likeness (QED) is 0.329. The summed E-state index contributed by atoms with van der Waals surface area (Å²) < 4.78 is 12.8. The fourth-order valence-electron chi connectivity index (χ4n) is 3.06. The van der Waals surface area contributed by atoms with Crippen molar-refractivity contribution in [3.8, 4) is 6.07 Å². The second-order valence-corrected chi connectivity index (χ2v) is 15.1. The van der Waals surface area contributed by atoms with Gasteiger partial charge in [0.05, 0.1) is 6.10 Å². The predicted octanol–water partition coefficient (Wildman–Crippen LogP) is 2.55. The van der Waals surface area contributed by atoms with Crippen LogP contribution < -0.4 is 11.2 Å². The molecule has 1 unspecified atom stereocenters. The van der Waals surface area contributed by atoms with Crippen LogP contribution in [0.1, 0.15) is 29.1 Å². The Balaban J connectivity index is 1.74. The largest absolute Gasteiger partial charge is 0.388 e. The normalized spacial score (nSPS) is 12.5. The van der Waals surface area contributed by atoms with Crippen molar-refractivity contribution in [2.45, 2.75) is 51.5 Å². The molecule has 1 N–H and O–H groups in total. The van der Waals surface area contributed by atoms with Gasteiger partial charge in [0, 0.05) is 32.2 Å². The lowest BCUT2D eigenvalue weighted by Crippen LogP contribution is -2.41. The summed E-state index contributed by atoms with van der Waals surface area (Å²) >= 11 is 5.87. The third-order valence-corrected chi connectivity index (χ3v) is 7.00. The minimum atomic E-state index is -1.32. The molecule has 2 aromatic heterocycles. The van der Waals surface area contributed by atoms with Gasteiger partial charge in [0.2, 0.25) is 5.89 Å². The lowest BCUT2D eigenvalue weighted by molar-refractivity contribution is 0.0818. The maximum atomic E-state index is 12.9. The number of ether oxygens (including phenoxy) is 1. The first-order valence-electron chi connectivity index (χ1n) is 10.6. The van der Waals surface area contributed by atoms with E-state index in [0.29, 0.717) is 17.2 Å². The Bertz CT molecular complexity index is 1290. The average molecular weight is 504 g/mol. The van der Waals surface area contributed by atoms with E-state index in [0.717, 1.165) is 21.2 Å². The first-order valence-corrected chi connectivity index (χ1v) is 14.7. The molecule has 1 atom stereocenters. The van der Waals surface area contributed by atoms with Crippen LogP contribution in [0.4, 0.5) is 0 Å². The number of aromatic nitrogens is 4. The van der Waals surface area contributed by atoms with E-state index in [1.165, 1.54) is 0 Å². The fourth-order valence-corrected chi connectivity index (χ4v) is 3.94. The SMILES string of the molecule is C[Si](C)(C)CCOCn1c(C#N)cc(=O)n(Cc2nc(CC(O)c3ccc(Cl)cc3)no2)c1=O. The molecule has 12 heteroatoms. The maximum Gasteiger partial charge on any atom is 0.334 e. The molecule has 0 radical (unpaired) electrons. The predicted molar refractivity (Wildman–Crippen MR) is 127 cm³/mol. The van der Waals surface area contributed by atoms with Crippen molar-refractivity contribution in [2.24, 2.45) is 0 Å². The Morgan fingerprint density at radius 3 is 2.59 bits per heavy atom. The van der Waals surface area contributed by atoms with E-state index in [2.05, 4.69) is 29.8 Å². The van der Waals surface area contributed by atoms with Crippen LogP contribution in [0.3, 0.4) is 0 Å². The summed E-state index contributed by atoms with van der Waals surface area (Å²) in [5.74, 6) is 0.238. The van der Waals surface area contributed by atoms with E-state index < -0.39 is 25.4 Å². The van der Waals surface area contributed by atoms with E-state index in [1.54, 1.807) is 24.3 Å². The number of aliphatic hydroxyl groups excluding tert-OH is 1. The van der Waals surface area contributed by atoms with Crippen LogP contribution in [-0.4, -0.2) is 39.1 Å². The van der Waals surface area contributed by atoms with Gasteiger partial charge < -0.3 is 14.4 Å². The number of halogens is 1. The van der Waals surface area contributed by atoms with Crippen LogP contribution in [0.25, 0.3) is 0 Å². The van der Waals surface area contributed by atoms with E-state index in [-0.39, 0.29) is 37.1 Å². The van der Waals surface area contributed by atoms with Crippen LogP contribution in [0.5, 0.6) is 0 Å². The minimum absolute atomic E-state index is 0.0217. The number of hydrogen-bond acceptors (Lipinski definition) is 8. The summed E-state index contributed by atoms with van der Waals surface area (Å²) in [7, 11) is -1.32. The van der Waals surface area contributed by atoms with Gasteiger partial charge in [-0.15, -0.1) is 0 Å². The third-order valence-electron chi connectivity index (χ3n) is 5.04. The smallest absolute Gasteiger partial charge is 0.334 e. The van der Waals surface area contributed by atoms with Gasteiger partial charge in [-0.25, -0.2) is 4.79 Å². The van der Waals surface area contributed by atoms with Gasteiger partial charge >= 0.3 is 5.69 Å². The topological polar surface area (TPSA) is 136 Å². The summed E-state index contributed by atoms with van der Waals surface area (Å²) in [4.78, 5) is 29.6. The monoisotopic (exact) mass is 503 g/mol. The second kappa shape index (κ2) is 10.9. The summed E-state index contributed by atoms with van der Waals surface area (Å²) in [6.07, 6.45) is -0.811. The molecular formula is C22H26ClN5O5Si. The summed E-state index contributed by atoms with van der Waals surface area (Å²) in [5.41, 5.74) is -0.827. The molecule has 10 nitrogen and oxygen atoms in total. The van der Waals surface area contributed by atoms with Gasteiger partial charge in [-0.2, -0.15) is 10.2 Å². The van der Waals surface area contributed by atoms with Gasteiger partial charge in [0.1, 0.15) is 25.0 Å². The lowest BCUT2D eigenvalue weighted by atomic mass is 10.1. The van der Waals surface area contributed by atoms with E-state index in [4.69, 9.17) is 20.9 Å². The van der Waals surface area contributed by atoms with E-state index in [9.17, 15) is 20.0 Å². The second-order valence-electron chi connectivity index (χ2n) is 9.00. The summed E-state index contributed by atoms with van der Waals surface area (Å²) in [6, 6.07) is 10.6. The molecule has 34 heavy (non-hydrogen) atoms. The molecule has 3 aromatic rings. The fraction of sp³-hybridized carbons (Fsp3) is 0.409. The highest BCUT2D eigenvalue weighted by atomic mass is 35.5. The van der Waals surface area contributed by atoms with E-state index in [1.807, 2.05) is 6.07 Å². The number of nitrogens with zero attached hydrogens (tertiary/aromatic N) is 5. The highest BCUT2D eigenvalue weighted by molar-refractivity contribution is 6.76. The Hall–Kier alpha value is -3.04. The first kappa shape index (κ1) is 25.6. The standard InChI is InChI=1S/C22H26ClN5O5Si/c1-34(2,3)9-8-32-14-28-17(12-24)10-21(30)27(22(28)31)13-20-25-19(26-33-20)11-18(29)15-4-6-16(23)7-5-15/h4-7,10,18,29H,8-9,11,13-14H2,1-3H3. The van der Waals surface area contributed by atoms with Crippen molar-refractivity contribution in [2.75, 3.05) is 6.61 Å². The molecule has 3 rings (SSSR count). The molecule has 0 fully saturated rings. The van der Waals surface area contributed by atoms with Crippen molar-refractivity contribution >= 4 is 19.7 Å². The van der Waals surface area contributed by atoms with E-state index >= 15 is 0 Å². The molecule has 0 aliphatic heterocycles. The van der Waals surface area contributed by atoms with Crippen molar-refractivity contribution in [1.82, 2.24) is 19.3 Å². The zero-order chi connectivity index (χ0) is 24.9. The van der Waals surface area contributed by atoms with Gasteiger partial charge in [-0.3, -0.25) is 13.9 Å². The van der Waals surface area contributed by atoms with Crippen LogP contribution in [0, 0.1) is 11.3 Å². The van der Waals surface area contributed by atoms with Crippen LogP contribution >= 0.6 is 11.6 Å². The number of rotatable bonds is 10. The van der Waals surface area contributed by atoms with Crippen LogP contribution in [-0.2, 0) is 24.4 Å². The van der Waals surface area contributed by atoms with Crippen LogP contribution in [0.2, 0.25) is 30.7 Å². The molecule has 0 saturated carbocycles. The zero-order valence-corrected chi connectivity index (χ0v) is 20.9. The Morgan fingerprint density at radius 2 is 1.94 bits per heavy atom. The van der Waals surface area contributed by atoms with Gasteiger partial charge in [0.15, 0.2) is 5.82 Å². The van der Waals surface area contributed by atoms with Crippen molar-refractivity contribution < 1.29 is 14.4 Å². The zero-order valence-electron chi connectivity index (χ0n) is 19.2. The Morgan fingerprint density at radius 1 is 1.24 bits per heavy atom. The summed E-state index contributed by atoms with van der Waals surface area (Å²) in [6.45, 7) is 6.65. The van der Waals surface area contributed by atoms with Gasteiger partial charge in [-0.1, -0.05) is 48.5 Å². The number of hydrogen-bond donors (Lipinski definition) is 1. The molecule has 0 aliphatic rings. The van der Waals surface area contributed by atoms with Gasteiger partial charge in [-0.05, 0) is 23.7 Å². The number of nitriles is 1. The maximum absolute atomic E-state index is 12.9. The first-order chi connectivity index (χ1) is 16.1. The molecule has 0 saturated heterocycles. The highest BCUT2D eigenvalue weighted by Crippen LogP contribution is 2.19. The Kier molecular flexibility index (Phi) is 8.22. The van der Waals surface area contributed by atoms with Crippen LogP contribution in [0.15, 0.2) is 44.4 Å².